The number of amides is 1. The molecule has 1 heterocycles. The molecule has 0 saturated heterocycles. The summed E-state index contributed by atoms with van der Waals surface area (Å²) in [6.45, 7) is 6.84. The molecule has 1 amide bonds. The van der Waals surface area contributed by atoms with Gasteiger partial charge in [0.1, 0.15) is 5.82 Å². The second-order valence-electron chi connectivity index (χ2n) is 6.57. The molecule has 25 heavy (non-hydrogen) atoms. The largest absolute Gasteiger partial charge is 0.346 e. The van der Waals surface area contributed by atoms with E-state index in [4.69, 9.17) is 4.98 Å². The van der Waals surface area contributed by atoms with Crippen LogP contribution in [0.2, 0.25) is 0 Å². The van der Waals surface area contributed by atoms with Gasteiger partial charge in [-0.2, -0.15) is 0 Å². The molecule has 1 atom stereocenters. The van der Waals surface area contributed by atoms with Gasteiger partial charge in [0.25, 0.3) is 0 Å². The maximum Gasteiger partial charge on any atom is 0.220 e. The number of hydrogen-bond donors (Lipinski definition) is 1. The third kappa shape index (κ3) is 3.90. The van der Waals surface area contributed by atoms with Crippen LogP contribution in [0, 0.1) is 6.92 Å². The molecule has 0 radical (unpaired) electrons. The Labute approximate surface area is 148 Å². The molecule has 0 unspecified atom stereocenters. The standard InChI is InChI=1S/C21H25N3O/c1-4-7-20(25)22-16(3)21-23-18-8-5-6-9-19(18)24(21)14-17-12-10-15(2)11-13-17/h5-6,8-13,16H,4,7,14H2,1-3H3,(H,22,25)/t16-/m0/s1. The van der Waals surface area contributed by atoms with E-state index in [1.807, 2.05) is 32.0 Å². The van der Waals surface area contributed by atoms with E-state index in [1.165, 1.54) is 11.1 Å². The lowest BCUT2D eigenvalue weighted by atomic mass is 10.1. The molecule has 0 aliphatic carbocycles. The van der Waals surface area contributed by atoms with Gasteiger partial charge in [-0.1, -0.05) is 48.9 Å². The van der Waals surface area contributed by atoms with Crippen LogP contribution in [-0.4, -0.2) is 15.5 Å². The number of aromatic nitrogens is 2. The first-order valence-corrected chi connectivity index (χ1v) is 8.88. The zero-order valence-electron chi connectivity index (χ0n) is 15.1. The molecule has 0 aliphatic heterocycles. The molecule has 4 nitrogen and oxygen atoms in total. The van der Waals surface area contributed by atoms with E-state index in [0.29, 0.717) is 6.42 Å². The number of rotatable bonds is 6. The Kier molecular flexibility index (Phi) is 5.17. The van der Waals surface area contributed by atoms with Gasteiger partial charge in [-0.15, -0.1) is 0 Å². The maximum absolute atomic E-state index is 12.0. The molecule has 130 valence electrons. The van der Waals surface area contributed by atoms with Crippen LogP contribution >= 0.6 is 0 Å². The fourth-order valence-corrected chi connectivity index (χ4v) is 3.07. The average Bonchev–Trinajstić information content (AvgIpc) is 2.96. The SMILES string of the molecule is CCCC(=O)N[C@@H](C)c1nc2ccccc2n1Cc1ccc(C)cc1. The van der Waals surface area contributed by atoms with Crippen molar-refractivity contribution in [2.75, 3.05) is 0 Å². The van der Waals surface area contributed by atoms with Gasteiger partial charge in [-0.25, -0.2) is 4.98 Å². The predicted molar refractivity (Wildman–Crippen MR) is 101 cm³/mol. The van der Waals surface area contributed by atoms with Crippen molar-refractivity contribution in [3.63, 3.8) is 0 Å². The molecule has 0 fully saturated rings. The minimum Gasteiger partial charge on any atom is -0.346 e. The van der Waals surface area contributed by atoms with Gasteiger partial charge in [0.05, 0.1) is 17.1 Å². The summed E-state index contributed by atoms with van der Waals surface area (Å²) in [4.78, 5) is 16.8. The number of imidazole rings is 1. The summed E-state index contributed by atoms with van der Waals surface area (Å²) in [5, 5.41) is 3.07. The van der Waals surface area contributed by atoms with Crippen molar-refractivity contribution in [1.82, 2.24) is 14.9 Å². The zero-order valence-corrected chi connectivity index (χ0v) is 15.1. The first-order chi connectivity index (χ1) is 12.1. The lowest BCUT2D eigenvalue weighted by Gasteiger charge is -2.16. The fraction of sp³-hybridized carbons (Fsp3) is 0.333. The van der Waals surface area contributed by atoms with Crippen LogP contribution in [0.5, 0.6) is 0 Å². The van der Waals surface area contributed by atoms with Crippen molar-refractivity contribution in [3.8, 4) is 0 Å². The highest BCUT2D eigenvalue weighted by molar-refractivity contribution is 5.78. The summed E-state index contributed by atoms with van der Waals surface area (Å²) < 4.78 is 2.21. The van der Waals surface area contributed by atoms with Crippen molar-refractivity contribution in [2.45, 2.75) is 46.2 Å². The highest BCUT2D eigenvalue weighted by atomic mass is 16.1. The summed E-state index contributed by atoms with van der Waals surface area (Å²) in [5.74, 6) is 0.968. The summed E-state index contributed by atoms with van der Waals surface area (Å²) in [6, 6.07) is 16.5. The molecule has 4 heteroatoms. The van der Waals surface area contributed by atoms with Gasteiger partial charge in [-0.3, -0.25) is 4.79 Å². The van der Waals surface area contributed by atoms with Crippen LogP contribution < -0.4 is 5.32 Å². The molecule has 3 rings (SSSR count). The molecule has 1 aromatic heterocycles. The second kappa shape index (κ2) is 7.51. The highest BCUT2D eigenvalue weighted by Gasteiger charge is 2.18. The number of aryl methyl sites for hydroxylation is 1. The topological polar surface area (TPSA) is 46.9 Å². The monoisotopic (exact) mass is 335 g/mol. The van der Waals surface area contributed by atoms with Gasteiger partial charge in [-0.05, 0) is 38.0 Å². The number of benzene rings is 2. The lowest BCUT2D eigenvalue weighted by Crippen LogP contribution is -2.28. The Morgan fingerprint density at radius 3 is 2.60 bits per heavy atom. The number of fused-ring (bicyclic) bond motifs is 1. The van der Waals surface area contributed by atoms with Crippen molar-refractivity contribution in [2.24, 2.45) is 0 Å². The lowest BCUT2D eigenvalue weighted by molar-refractivity contribution is -0.121. The van der Waals surface area contributed by atoms with Crippen LogP contribution in [0.15, 0.2) is 48.5 Å². The average molecular weight is 335 g/mol. The van der Waals surface area contributed by atoms with Crippen molar-refractivity contribution >= 4 is 16.9 Å². The van der Waals surface area contributed by atoms with Crippen LogP contribution in [-0.2, 0) is 11.3 Å². The summed E-state index contributed by atoms with van der Waals surface area (Å²) >= 11 is 0. The van der Waals surface area contributed by atoms with E-state index in [0.717, 1.165) is 29.8 Å². The van der Waals surface area contributed by atoms with Crippen molar-refractivity contribution < 1.29 is 4.79 Å². The Balaban J connectivity index is 1.96. The molecule has 2 aromatic carbocycles. The molecule has 3 aromatic rings. The van der Waals surface area contributed by atoms with Crippen LogP contribution in [0.1, 0.15) is 49.7 Å². The zero-order chi connectivity index (χ0) is 17.8. The van der Waals surface area contributed by atoms with E-state index in [9.17, 15) is 4.79 Å². The van der Waals surface area contributed by atoms with Gasteiger partial charge in [0.2, 0.25) is 5.91 Å². The Hall–Kier alpha value is -2.62. The van der Waals surface area contributed by atoms with Crippen molar-refractivity contribution in [1.29, 1.82) is 0 Å². The summed E-state index contributed by atoms with van der Waals surface area (Å²) in [5.41, 5.74) is 4.53. The van der Waals surface area contributed by atoms with Gasteiger partial charge in [0, 0.05) is 13.0 Å². The van der Waals surface area contributed by atoms with Gasteiger partial charge >= 0.3 is 0 Å². The van der Waals surface area contributed by atoms with E-state index >= 15 is 0 Å². The molecule has 0 bridgehead atoms. The number of carbonyl (C=O) groups is 1. The summed E-state index contributed by atoms with van der Waals surface area (Å²) in [7, 11) is 0. The van der Waals surface area contributed by atoms with Gasteiger partial charge < -0.3 is 9.88 Å². The minimum atomic E-state index is -0.128. The van der Waals surface area contributed by atoms with Crippen LogP contribution in [0.3, 0.4) is 0 Å². The molecule has 0 spiro atoms. The molecule has 1 N–H and O–H groups in total. The third-order valence-corrected chi connectivity index (χ3v) is 4.39. The second-order valence-corrected chi connectivity index (χ2v) is 6.57. The Morgan fingerprint density at radius 1 is 1.16 bits per heavy atom. The highest BCUT2D eigenvalue weighted by Crippen LogP contribution is 2.22. The number of carbonyl (C=O) groups excluding carboxylic acids is 1. The Morgan fingerprint density at radius 2 is 1.88 bits per heavy atom. The Bertz CT molecular complexity index is 864. The quantitative estimate of drug-likeness (QED) is 0.727. The third-order valence-electron chi connectivity index (χ3n) is 4.39. The van der Waals surface area contributed by atoms with Crippen LogP contribution in [0.4, 0.5) is 0 Å². The van der Waals surface area contributed by atoms with Crippen LogP contribution in [0.25, 0.3) is 11.0 Å². The number of nitrogens with one attached hydrogen (secondary N) is 1. The van der Waals surface area contributed by atoms with E-state index in [-0.39, 0.29) is 11.9 Å². The first-order valence-electron chi connectivity index (χ1n) is 8.88. The number of nitrogens with zero attached hydrogens (tertiary/aromatic N) is 2. The van der Waals surface area contributed by atoms with E-state index in [1.54, 1.807) is 0 Å². The van der Waals surface area contributed by atoms with E-state index in [2.05, 4.69) is 47.1 Å². The maximum atomic E-state index is 12.0. The predicted octanol–water partition coefficient (Wildman–Crippen LogP) is 4.37. The summed E-state index contributed by atoms with van der Waals surface area (Å²) in [6.07, 6.45) is 1.39. The van der Waals surface area contributed by atoms with Gasteiger partial charge in [0.15, 0.2) is 0 Å². The normalized spacial score (nSPS) is 12.3. The molecule has 0 saturated carbocycles. The number of para-hydroxylation sites is 2. The first kappa shape index (κ1) is 17.2. The molecular weight excluding hydrogens is 310 g/mol. The van der Waals surface area contributed by atoms with E-state index < -0.39 is 0 Å². The molecule has 0 aliphatic rings. The van der Waals surface area contributed by atoms with Crippen molar-refractivity contribution in [3.05, 3.63) is 65.5 Å². The fourth-order valence-electron chi connectivity index (χ4n) is 3.07. The number of hydrogen-bond acceptors (Lipinski definition) is 2. The smallest absolute Gasteiger partial charge is 0.220 e. The minimum absolute atomic E-state index is 0.0731. The molecular formula is C21H25N3O.